The van der Waals surface area contributed by atoms with Gasteiger partial charge in [0.05, 0.1) is 10.5 Å². The summed E-state index contributed by atoms with van der Waals surface area (Å²) in [6, 6.07) is 32.1. The summed E-state index contributed by atoms with van der Waals surface area (Å²) in [4.78, 5) is 2.85. The fourth-order valence-corrected chi connectivity index (χ4v) is 10.5. The summed E-state index contributed by atoms with van der Waals surface area (Å²) in [5.41, 5.74) is 11.5. The van der Waals surface area contributed by atoms with Crippen molar-refractivity contribution in [2.75, 3.05) is 0 Å². The van der Waals surface area contributed by atoms with Crippen LogP contribution in [0.25, 0.3) is 0 Å². The van der Waals surface area contributed by atoms with Crippen molar-refractivity contribution in [2.24, 2.45) is 0 Å². The maximum atomic E-state index is 2.41. The van der Waals surface area contributed by atoms with Gasteiger partial charge in [0.2, 0.25) is 0 Å². The molecule has 4 aromatic carbocycles. The number of rotatable bonds is 3. The summed E-state index contributed by atoms with van der Waals surface area (Å²) in [6.45, 7) is 4.43. The van der Waals surface area contributed by atoms with Crippen molar-refractivity contribution in [3.05, 3.63) is 129 Å². The molecule has 0 spiro atoms. The third kappa shape index (κ3) is 4.35. The second-order valence-electron chi connectivity index (χ2n) is 9.01. The van der Waals surface area contributed by atoms with E-state index in [9.17, 15) is 0 Å². The van der Waals surface area contributed by atoms with Crippen LogP contribution in [0.4, 0.5) is 0 Å². The SMILES string of the molecule is Cc1ccc2c(c1)C(SSC1c3ccccc3CSc3ccc(C)cc31)c1ccccc1CS2. The molecule has 2 aliphatic heterocycles. The Morgan fingerprint density at radius 2 is 1.00 bits per heavy atom. The van der Waals surface area contributed by atoms with Gasteiger partial charge in [-0.25, -0.2) is 0 Å². The molecule has 2 aliphatic rings. The molecule has 34 heavy (non-hydrogen) atoms. The maximum Gasteiger partial charge on any atom is 0.0664 e. The van der Waals surface area contributed by atoms with Gasteiger partial charge < -0.3 is 0 Å². The first kappa shape index (κ1) is 22.7. The Labute approximate surface area is 219 Å². The summed E-state index contributed by atoms with van der Waals surface area (Å²) in [6.07, 6.45) is 0. The molecule has 2 unspecified atom stereocenters. The summed E-state index contributed by atoms with van der Waals surface area (Å²) < 4.78 is 0. The van der Waals surface area contributed by atoms with Crippen molar-refractivity contribution in [2.45, 2.75) is 45.6 Å². The van der Waals surface area contributed by atoms with E-state index in [1.54, 1.807) is 0 Å². The molecular formula is C30H26S4. The molecule has 4 heteroatoms. The van der Waals surface area contributed by atoms with Gasteiger partial charge in [-0.2, -0.15) is 0 Å². The van der Waals surface area contributed by atoms with Gasteiger partial charge >= 0.3 is 0 Å². The van der Waals surface area contributed by atoms with E-state index in [1.807, 2.05) is 45.1 Å². The molecule has 0 nitrogen and oxygen atoms in total. The highest BCUT2D eigenvalue weighted by Crippen LogP contribution is 2.57. The first-order valence-corrected chi connectivity index (χ1v) is 15.9. The number of thioether (sulfide) groups is 2. The summed E-state index contributed by atoms with van der Waals surface area (Å²) in [7, 11) is 4.10. The lowest BCUT2D eigenvalue weighted by Crippen LogP contribution is -2.02. The van der Waals surface area contributed by atoms with Gasteiger partial charge in [0.1, 0.15) is 0 Å². The van der Waals surface area contributed by atoms with Crippen LogP contribution in [0.2, 0.25) is 0 Å². The molecule has 170 valence electrons. The van der Waals surface area contributed by atoms with Crippen molar-refractivity contribution in [3.8, 4) is 0 Å². The molecule has 0 aliphatic carbocycles. The molecule has 6 rings (SSSR count). The van der Waals surface area contributed by atoms with E-state index >= 15 is 0 Å². The lowest BCUT2D eigenvalue weighted by Gasteiger charge is -2.24. The molecule has 0 saturated carbocycles. The number of fused-ring (bicyclic) bond motifs is 4. The van der Waals surface area contributed by atoms with Gasteiger partial charge in [0.25, 0.3) is 0 Å². The quantitative estimate of drug-likeness (QED) is 0.249. The first-order chi connectivity index (χ1) is 16.7. The average Bonchev–Trinajstić information content (AvgIpc) is 3.10. The summed E-state index contributed by atoms with van der Waals surface area (Å²) in [5.74, 6) is 2.08. The van der Waals surface area contributed by atoms with E-state index in [4.69, 9.17) is 0 Å². The first-order valence-electron chi connectivity index (χ1n) is 11.6. The van der Waals surface area contributed by atoms with E-state index < -0.39 is 0 Å². The average molecular weight is 515 g/mol. The molecular weight excluding hydrogens is 489 g/mol. The van der Waals surface area contributed by atoms with Crippen LogP contribution in [0.1, 0.15) is 55.0 Å². The molecule has 0 bridgehead atoms. The topological polar surface area (TPSA) is 0 Å². The molecule has 0 saturated heterocycles. The van der Waals surface area contributed by atoms with Crippen molar-refractivity contribution in [1.82, 2.24) is 0 Å². The predicted molar refractivity (Wildman–Crippen MR) is 153 cm³/mol. The number of benzene rings is 4. The van der Waals surface area contributed by atoms with Gasteiger partial charge in [0.15, 0.2) is 0 Å². The van der Waals surface area contributed by atoms with Crippen molar-refractivity contribution in [1.29, 1.82) is 0 Å². The Bertz CT molecular complexity index is 1250. The number of aryl methyl sites for hydroxylation is 2. The summed E-state index contributed by atoms with van der Waals surface area (Å²) >= 11 is 3.97. The smallest absolute Gasteiger partial charge is 0.0664 e. The Morgan fingerprint density at radius 3 is 1.47 bits per heavy atom. The van der Waals surface area contributed by atoms with Crippen molar-refractivity contribution < 1.29 is 0 Å². The third-order valence-electron chi connectivity index (χ3n) is 6.58. The van der Waals surface area contributed by atoms with Crippen LogP contribution in [-0.4, -0.2) is 0 Å². The van der Waals surface area contributed by atoms with Gasteiger partial charge in [0, 0.05) is 21.3 Å². The van der Waals surface area contributed by atoms with Crippen molar-refractivity contribution >= 4 is 45.1 Å². The number of hydrogen-bond acceptors (Lipinski definition) is 4. The highest BCUT2D eigenvalue weighted by Gasteiger charge is 2.29. The minimum absolute atomic E-state index is 0.322. The van der Waals surface area contributed by atoms with Crippen LogP contribution >= 0.6 is 45.1 Å². The second kappa shape index (κ2) is 9.73. The zero-order valence-electron chi connectivity index (χ0n) is 19.3. The number of hydrogen-bond donors (Lipinski definition) is 0. The summed E-state index contributed by atoms with van der Waals surface area (Å²) in [5, 5.41) is 0.643. The lowest BCUT2D eigenvalue weighted by molar-refractivity contribution is 1.08. The normalized spacial score (nSPS) is 18.6. The lowest BCUT2D eigenvalue weighted by atomic mass is 9.99. The zero-order chi connectivity index (χ0) is 23.1. The molecule has 0 radical (unpaired) electrons. The minimum Gasteiger partial charge on any atom is -0.121 e. The Hall–Kier alpha value is -1.72. The van der Waals surface area contributed by atoms with Gasteiger partial charge in [-0.05, 0) is 59.4 Å². The fourth-order valence-electron chi connectivity index (χ4n) is 4.82. The van der Waals surface area contributed by atoms with E-state index in [2.05, 4.69) is 98.8 Å². The van der Waals surface area contributed by atoms with Crippen molar-refractivity contribution in [3.63, 3.8) is 0 Å². The molecule has 2 atom stereocenters. The largest absolute Gasteiger partial charge is 0.121 e. The standard InChI is InChI=1S/C30H26S4/c1-19-11-13-27-25(15-19)29(23-9-5-3-7-21(23)17-31-27)33-34-30-24-10-6-4-8-22(24)18-32-28-14-12-20(2)16-26(28)30/h3-16,29-30H,17-18H2,1-2H3. The van der Waals surface area contributed by atoms with Gasteiger partial charge in [-0.3, -0.25) is 0 Å². The van der Waals surface area contributed by atoms with Crippen LogP contribution in [0, 0.1) is 13.8 Å². The third-order valence-corrected chi connectivity index (χ3v) is 11.9. The van der Waals surface area contributed by atoms with Crippen LogP contribution in [0.5, 0.6) is 0 Å². The Morgan fingerprint density at radius 1 is 0.559 bits per heavy atom. The van der Waals surface area contributed by atoms with Crippen LogP contribution in [0.3, 0.4) is 0 Å². The Kier molecular flexibility index (Phi) is 6.51. The second-order valence-corrected chi connectivity index (χ2v) is 13.5. The van der Waals surface area contributed by atoms with E-state index in [1.165, 1.54) is 54.3 Å². The molecule has 0 aromatic heterocycles. The Balaban J connectivity index is 1.43. The maximum absolute atomic E-state index is 2.41. The minimum atomic E-state index is 0.322. The fraction of sp³-hybridized carbons (Fsp3) is 0.200. The molecule has 2 heterocycles. The molecule has 0 amide bonds. The van der Waals surface area contributed by atoms with E-state index in [0.717, 1.165) is 11.5 Å². The van der Waals surface area contributed by atoms with Crippen LogP contribution in [0.15, 0.2) is 94.7 Å². The van der Waals surface area contributed by atoms with E-state index in [-0.39, 0.29) is 0 Å². The highest BCUT2D eigenvalue weighted by molar-refractivity contribution is 8.76. The monoisotopic (exact) mass is 514 g/mol. The molecule has 4 aromatic rings. The predicted octanol–water partition coefficient (Wildman–Crippen LogP) is 9.78. The van der Waals surface area contributed by atoms with Gasteiger partial charge in [-0.1, -0.05) is 106 Å². The van der Waals surface area contributed by atoms with Gasteiger partial charge in [-0.15, -0.1) is 23.5 Å². The molecule has 0 N–H and O–H groups in total. The van der Waals surface area contributed by atoms with E-state index in [0.29, 0.717) is 10.5 Å². The zero-order valence-corrected chi connectivity index (χ0v) is 22.6. The van der Waals surface area contributed by atoms with Crippen LogP contribution in [-0.2, 0) is 11.5 Å². The molecule has 0 fully saturated rings. The highest BCUT2D eigenvalue weighted by atomic mass is 33.1. The van der Waals surface area contributed by atoms with Crippen LogP contribution < -0.4 is 0 Å².